The van der Waals surface area contributed by atoms with Crippen molar-refractivity contribution in [1.82, 2.24) is 19.9 Å². The first-order valence-corrected chi connectivity index (χ1v) is 22.7. The van der Waals surface area contributed by atoms with Gasteiger partial charge in [-0.25, -0.2) is 19.9 Å². The molecule has 12 aromatic rings. The van der Waals surface area contributed by atoms with Gasteiger partial charge in [-0.3, -0.25) is 0 Å². The molecule has 0 bridgehead atoms. The normalized spacial score (nSPS) is 13.2. The molecule has 14 rings (SSSR count). The van der Waals surface area contributed by atoms with Crippen LogP contribution in [0.2, 0.25) is 0 Å². The number of benzene rings is 9. The number of thiophene rings is 1. The molecule has 3 aromatic heterocycles. The summed E-state index contributed by atoms with van der Waals surface area (Å²) in [5.74, 6) is 3.63. The summed E-state index contributed by atoms with van der Waals surface area (Å²) >= 11 is 1.78. The number of ether oxygens (including phenoxy) is 1. The van der Waals surface area contributed by atoms with Gasteiger partial charge in [0.2, 0.25) is 0 Å². The van der Waals surface area contributed by atoms with Crippen molar-refractivity contribution in [1.29, 1.82) is 0 Å². The van der Waals surface area contributed by atoms with E-state index in [1.807, 2.05) is 18.2 Å². The molecular formula is C59H34N4OS. The Balaban J connectivity index is 1.00. The zero-order valence-corrected chi connectivity index (χ0v) is 35.6. The Morgan fingerprint density at radius 1 is 0.385 bits per heavy atom. The molecule has 1 aliphatic carbocycles. The van der Waals surface area contributed by atoms with Crippen LogP contribution in [-0.2, 0) is 5.41 Å². The fourth-order valence-corrected chi connectivity index (χ4v) is 11.9. The summed E-state index contributed by atoms with van der Waals surface area (Å²) in [5.41, 5.74) is 12.3. The lowest BCUT2D eigenvalue weighted by atomic mass is 9.66. The van der Waals surface area contributed by atoms with Crippen molar-refractivity contribution in [2.45, 2.75) is 5.41 Å². The van der Waals surface area contributed by atoms with E-state index >= 15 is 0 Å². The third-order valence-electron chi connectivity index (χ3n) is 13.4. The molecule has 0 radical (unpaired) electrons. The minimum absolute atomic E-state index is 0.580. The number of rotatable bonds is 4. The number of para-hydroxylation sites is 3. The molecule has 0 fully saturated rings. The third-order valence-corrected chi connectivity index (χ3v) is 14.6. The van der Waals surface area contributed by atoms with E-state index in [4.69, 9.17) is 24.7 Å². The summed E-state index contributed by atoms with van der Waals surface area (Å²) in [6.07, 6.45) is 0. The van der Waals surface area contributed by atoms with Gasteiger partial charge in [-0.1, -0.05) is 170 Å². The summed E-state index contributed by atoms with van der Waals surface area (Å²) in [6, 6.07) is 72.9. The lowest BCUT2D eigenvalue weighted by Crippen LogP contribution is -2.32. The molecule has 1 spiro atoms. The van der Waals surface area contributed by atoms with Crippen LogP contribution in [0, 0.1) is 0 Å². The van der Waals surface area contributed by atoms with E-state index in [0.717, 1.165) is 71.6 Å². The third kappa shape index (κ3) is 5.20. The molecule has 65 heavy (non-hydrogen) atoms. The Morgan fingerprint density at radius 3 is 1.82 bits per heavy atom. The first-order chi connectivity index (χ1) is 32.2. The van der Waals surface area contributed by atoms with Crippen molar-refractivity contribution in [3.05, 3.63) is 229 Å². The highest BCUT2D eigenvalue weighted by molar-refractivity contribution is 7.26. The first-order valence-electron chi connectivity index (χ1n) is 21.9. The molecule has 0 N–H and O–H groups in total. The molecular weight excluding hydrogens is 813 g/mol. The summed E-state index contributed by atoms with van der Waals surface area (Å²) in [4.78, 5) is 21.1. The van der Waals surface area contributed by atoms with Gasteiger partial charge in [0.1, 0.15) is 11.5 Å². The van der Waals surface area contributed by atoms with Gasteiger partial charge in [-0.2, -0.15) is 0 Å². The predicted octanol–water partition coefficient (Wildman–Crippen LogP) is 15.1. The Hall–Kier alpha value is -8.32. The Morgan fingerprint density at radius 2 is 0.985 bits per heavy atom. The van der Waals surface area contributed by atoms with Crippen molar-refractivity contribution in [2.24, 2.45) is 0 Å². The highest BCUT2D eigenvalue weighted by Gasteiger charge is 2.51. The monoisotopic (exact) mass is 846 g/mol. The van der Waals surface area contributed by atoms with Gasteiger partial charge in [-0.15, -0.1) is 11.3 Å². The lowest BCUT2D eigenvalue weighted by Gasteiger charge is -2.39. The topological polar surface area (TPSA) is 60.8 Å². The van der Waals surface area contributed by atoms with Gasteiger partial charge < -0.3 is 4.74 Å². The number of fused-ring (bicyclic) bond motifs is 16. The lowest BCUT2D eigenvalue weighted by molar-refractivity contribution is 0.436. The van der Waals surface area contributed by atoms with Gasteiger partial charge in [0.25, 0.3) is 0 Å². The number of hydrogen-bond donors (Lipinski definition) is 0. The van der Waals surface area contributed by atoms with Crippen LogP contribution in [0.3, 0.4) is 0 Å². The van der Waals surface area contributed by atoms with Crippen molar-refractivity contribution in [3.63, 3.8) is 0 Å². The molecule has 0 unspecified atom stereocenters. The van der Waals surface area contributed by atoms with E-state index in [1.165, 1.54) is 43.1 Å². The molecule has 1 aliphatic heterocycles. The van der Waals surface area contributed by atoms with Crippen LogP contribution in [0.4, 0.5) is 0 Å². The van der Waals surface area contributed by atoms with Gasteiger partial charge >= 0.3 is 0 Å². The minimum Gasteiger partial charge on any atom is -0.457 e. The molecule has 0 amide bonds. The molecule has 0 atom stereocenters. The minimum atomic E-state index is -0.580. The zero-order valence-electron chi connectivity index (χ0n) is 34.7. The van der Waals surface area contributed by atoms with E-state index in [2.05, 4.69) is 188 Å². The largest absolute Gasteiger partial charge is 0.457 e. The average molecular weight is 847 g/mol. The first kappa shape index (κ1) is 36.2. The summed E-state index contributed by atoms with van der Waals surface area (Å²) in [7, 11) is 0. The quantitative estimate of drug-likeness (QED) is 0.165. The van der Waals surface area contributed by atoms with Crippen molar-refractivity contribution < 1.29 is 4.74 Å². The van der Waals surface area contributed by atoms with Crippen LogP contribution >= 0.6 is 11.3 Å². The van der Waals surface area contributed by atoms with E-state index in [-0.39, 0.29) is 0 Å². The number of nitrogens with zero attached hydrogens (tertiary/aromatic N) is 4. The van der Waals surface area contributed by atoms with Gasteiger partial charge in [0.15, 0.2) is 17.5 Å². The molecule has 4 heterocycles. The Kier molecular flexibility index (Phi) is 7.71. The number of hydrogen-bond acceptors (Lipinski definition) is 6. The number of aromatic nitrogens is 4. The van der Waals surface area contributed by atoms with Crippen molar-refractivity contribution >= 4 is 53.2 Å². The van der Waals surface area contributed by atoms with Crippen LogP contribution in [0.5, 0.6) is 11.5 Å². The second-order valence-electron chi connectivity index (χ2n) is 16.8. The molecule has 9 aromatic carbocycles. The molecule has 5 nitrogen and oxygen atoms in total. The van der Waals surface area contributed by atoms with Gasteiger partial charge in [0, 0.05) is 69.7 Å². The molecule has 6 heteroatoms. The summed E-state index contributed by atoms with van der Waals surface area (Å²) in [6.45, 7) is 0. The predicted molar refractivity (Wildman–Crippen MR) is 265 cm³/mol. The highest BCUT2D eigenvalue weighted by atomic mass is 32.1. The Labute approximate surface area is 378 Å². The maximum atomic E-state index is 6.65. The van der Waals surface area contributed by atoms with Crippen LogP contribution in [0.15, 0.2) is 206 Å². The SMILES string of the molecule is c1ccc(-c2nc(-c3cccc(-c4nc5ccccc5c5c6c(ccc45)C4(c5ccccc5Oc5ccccc54)c4ccccc4-6)c3)nc(-c3cccc4c3sc3ccccc34)n2)cc1. The number of pyridine rings is 1. The molecule has 0 saturated carbocycles. The summed E-state index contributed by atoms with van der Waals surface area (Å²) < 4.78 is 9.05. The van der Waals surface area contributed by atoms with E-state index in [9.17, 15) is 0 Å². The second kappa shape index (κ2) is 13.8. The van der Waals surface area contributed by atoms with Crippen molar-refractivity contribution in [2.75, 3.05) is 0 Å². The average Bonchev–Trinajstić information content (AvgIpc) is 3.90. The standard InChI is InChI=1S/C59H34N4OS/c1-2-16-35(17-3-1)56-61-57(63-58(62-56)43-24-15-23-39-38-20-6-13-31-51(38)65-55(39)43)37-19-14-18-36(34-37)54-42-32-33-47-53(52(42)41-22-5-10-28-48(41)60-54)40-21-4-7-25-44(40)59(47)45-26-8-11-29-49(45)64-50-30-12-9-27-46(50)59/h1-34H. The van der Waals surface area contributed by atoms with Gasteiger partial charge in [0.05, 0.1) is 16.6 Å². The Bertz CT molecular complexity index is 3910. The van der Waals surface area contributed by atoms with E-state index in [0.29, 0.717) is 17.5 Å². The van der Waals surface area contributed by atoms with E-state index in [1.54, 1.807) is 11.3 Å². The zero-order chi connectivity index (χ0) is 42.6. The maximum Gasteiger partial charge on any atom is 0.165 e. The van der Waals surface area contributed by atoms with Crippen LogP contribution in [0.1, 0.15) is 22.3 Å². The van der Waals surface area contributed by atoms with Crippen LogP contribution < -0.4 is 4.74 Å². The van der Waals surface area contributed by atoms with Gasteiger partial charge in [-0.05, 0) is 58.7 Å². The van der Waals surface area contributed by atoms with E-state index < -0.39 is 5.41 Å². The fraction of sp³-hybridized carbons (Fsp3) is 0.0169. The summed E-state index contributed by atoms with van der Waals surface area (Å²) in [5, 5.41) is 5.82. The molecule has 302 valence electrons. The molecule has 2 aliphatic rings. The molecule has 0 saturated heterocycles. The maximum absolute atomic E-state index is 6.65. The highest BCUT2D eigenvalue weighted by Crippen LogP contribution is 2.63. The fourth-order valence-electron chi connectivity index (χ4n) is 10.7. The van der Waals surface area contributed by atoms with Crippen molar-refractivity contribution in [3.8, 4) is 68.0 Å². The van der Waals surface area contributed by atoms with Crippen LogP contribution in [0.25, 0.3) is 98.4 Å². The second-order valence-corrected chi connectivity index (χ2v) is 17.9. The smallest absolute Gasteiger partial charge is 0.165 e. The van der Waals surface area contributed by atoms with Crippen LogP contribution in [-0.4, -0.2) is 19.9 Å².